The Morgan fingerprint density at radius 1 is 1.57 bits per heavy atom. The molecule has 5 heteroatoms. The smallest absolute Gasteiger partial charge is 0.354 e. The molecule has 0 rings (SSSR count). The van der Waals surface area contributed by atoms with Crippen LogP contribution in [-0.2, 0) is 9.53 Å². The molecule has 0 aromatic heterocycles. The first-order chi connectivity index (χ1) is 6.65. The Morgan fingerprint density at radius 2 is 2.21 bits per heavy atom. The van der Waals surface area contributed by atoms with Crippen molar-refractivity contribution in [1.82, 2.24) is 0 Å². The lowest BCUT2D eigenvalue weighted by atomic mass is 10.2. The minimum atomic E-state index is -0.559. The fraction of sp³-hybridized carbons (Fsp3) is 0.333. The first kappa shape index (κ1) is 12.2. The largest absolute Gasteiger partial charge is 0.461 e. The van der Waals surface area contributed by atoms with Gasteiger partial charge in [-0.15, -0.1) is 0 Å². The number of nitrogens with two attached hydrogens (primary N) is 2. The van der Waals surface area contributed by atoms with Crippen LogP contribution in [0.1, 0.15) is 6.92 Å². The van der Waals surface area contributed by atoms with Gasteiger partial charge in [0.15, 0.2) is 0 Å². The SMILES string of the molecule is CCOC(=O)/C(N)=C/C(C=NC)=CN. The average molecular weight is 197 g/mol. The van der Waals surface area contributed by atoms with E-state index in [1.165, 1.54) is 18.5 Å². The summed E-state index contributed by atoms with van der Waals surface area (Å²) >= 11 is 0. The zero-order chi connectivity index (χ0) is 11.0. The van der Waals surface area contributed by atoms with E-state index >= 15 is 0 Å². The third-order valence-corrected chi connectivity index (χ3v) is 1.30. The number of esters is 1. The van der Waals surface area contributed by atoms with Gasteiger partial charge in [-0.25, -0.2) is 4.79 Å². The van der Waals surface area contributed by atoms with E-state index < -0.39 is 5.97 Å². The first-order valence-electron chi connectivity index (χ1n) is 4.14. The second kappa shape index (κ2) is 6.71. The number of hydrogen-bond acceptors (Lipinski definition) is 5. The molecule has 0 atom stereocenters. The molecule has 0 bridgehead atoms. The van der Waals surface area contributed by atoms with Crippen LogP contribution in [0.25, 0.3) is 0 Å². The van der Waals surface area contributed by atoms with Crippen LogP contribution in [-0.4, -0.2) is 25.8 Å². The van der Waals surface area contributed by atoms with Crippen LogP contribution in [0.2, 0.25) is 0 Å². The molecule has 0 aromatic rings. The second-order valence-corrected chi connectivity index (χ2v) is 2.37. The van der Waals surface area contributed by atoms with Crippen LogP contribution in [0.4, 0.5) is 0 Å². The van der Waals surface area contributed by atoms with E-state index in [0.717, 1.165) is 0 Å². The van der Waals surface area contributed by atoms with Gasteiger partial charge in [0.2, 0.25) is 0 Å². The molecule has 5 nitrogen and oxygen atoms in total. The van der Waals surface area contributed by atoms with Gasteiger partial charge < -0.3 is 16.2 Å². The molecular formula is C9H15N3O2. The van der Waals surface area contributed by atoms with Gasteiger partial charge in [-0.2, -0.15) is 0 Å². The summed E-state index contributed by atoms with van der Waals surface area (Å²) in [6.45, 7) is 2.00. The van der Waals surface area contributed by atoms with Gasteiger partial charge in [0.05, 0.1) is 6.61 Å². The maximum atomic E-state index is 11.1. The fourth-order valence-corrected chi connectivity index (χ4v) is 0.730. The zero-order valence-corrected chi connectivity index (χ0v) is 8.36. The van der Waals surface area contributed by atoms with E-state index in [4.69, 9.17) is 11.5 Å². The van der Waals surface area contributed by atoms with Crippen molar-refractivity contribution in [3.63, 3.8) is 0 Å². The predicted molar refractivity (Wildman–Crippen MR) is 55.6 cm³/mol. The van der Waals surface area contributed by atoms with Crippen molar-refractivity contribution in [2.45, 2.75) is 6.92 Å². The van der Waals surface area contributed by atoms with Gasteiger partial charge in [0, 0.05) is 25.0 Å². The lowest BCUT2D eigenvalue weighted by molar-refractivity contribution is -0.138. The minimum Gasteiger partial charge on any atom is -0.461 e. The van der Waals surface area contributed by atoms with Crippen LogP contribution in [0.3, 0.4) is 0 Å². The molecule has 0 unspecified atom stereocenters. The van der Waals surface area contributed by atoms with E-state index in [2.05, 4.69) is 9.73 Å². The highest BCUT2D eigenvalue weighted by Gasteiger charge is 2.05. The van der Waals surface area contributed by atoms with Gasteiger partial charge in [-0.3, -0.25) is 4.99 Å². The van der Waals surface area contributed by atoms with Crippen LogP contribution in [0, 0.1) is 0 Å². The average Bonchev–Trinajstić information content (AvgIpc) is 2.17. The van der Waals surface area contributed by atoms with E-state index in [9.17, 15) is 4.79 Å². The maximum absolute atomic E-state index is 11.1. The summed E-state index contributed by atoms with van der Waals surface area (Å²) in [7, 11) is 1.60. The van der Waals surface area contributed by atoms with Gasteiger partial charge in [-0.1, -0.05) is 0 Å². The van der Waals surface area contributed by atoms with Crippen molar-refractivity contribution in [3.8, 4) is 0 Å². The summed E-state index contributed by atoms with van der Waals surface area (Å²) in [6.07, 6.45) is 4.20. The normalized spacial score (nSPS) is 13.3. The summed E-state index contributed by atoms with van der Waals surface area (Å²) < 4.78 is 4.68. The molecule has 0 saturated carbocycles. The predicted octanol–water partition coefficient (Wildman–Crippen LogP) is -0.0647. The number of carbonyl (C=O) groups is 1. The number of hydrogen-bond donors (Lipinski definition) is 2. The summed E-state index contributed by atoms with van der Waals surface area (Å²) in [5.74, 6) is -0.559. The van der Waals surface area contributed by atoms with Crippen LogP contribution < -0.4 is 11.5 Å². The maximum Gasteiger partial charge on any atom is 0.354 e. The molecule has 0 aliphatic carbocycles. The topological polar surface area (TPSA) is 90.7 Å². The van der Waals surface area contributed by atoms with Crippen LogP contribution in [0.5, 0.6) is 0 Å². The molecule has 0 fully saturated rings. The zero-order valence-electron chi connectivity index (χ0n) is 8.36. The summed E-state index contributed by atoms with van der Waals surface area (Å²) in [5.41, 5.74) is 11.3. The summed E-state index contributed by atoms with van der Waals surface area (Å²) in [6, 6.07) is 0. The summed E-state index contributed by atoms with van der Waals surface area (Å²) in [5, 5.41) is 0. The standard InChI is InChI=1S/C9H15N3O2/c1-3-14-9(13)8(11)4-7(5-10)6-12-2/h4-6H,3,10-11H2,1-2H3/b7-5?,8-4-,12-6?. The number of aliphatic imine (C=N–C) groups is 1. The fourth-order valence-electron chi connectivity index (χ4n) is 0.730. The molecule has 78 valence electrons. The quantitative estimate of drug-likeness (QED) is 0.286. The second-order valence-electron chi connectivity index (χ2n) is 2.37. The van der Waals surface area contributed by atoms with Crippen molar-refractivity contribution < 1.29 is 9.53 Å². The van der Waals surface area contributed by atoms with Gasteiger partial charge >= 0.3 is 5.97 Å². The highest BCUT2D eigenvalue weighted by molar-refractivity contribution is 5.91. The van der Waals surface area contributed by atoms with Crippen molar-refractivity contribution in [3.05, 3.63) is 23.5 Å². The van der Waals surface area contributed by atoms with Crippen LogP contribution in [0.15, 0.2) is 28.5 Å². The third-order valence-electron chi connectivity index (χ3n) is 1.30. The molecule has 0 spiro atoms. The Balaban J connectivity index is 4.56. The lowest BCUT2D eigenvalue weighted by Gasteiger charge is -2.01. The van der Waals surface area contributed by atoms with Crippen LogP contribution >= 0.6 is 0 Å². The number of carbonyl (C=O) groups excluding carboxylic acids is 1. The molecule has 0 aliphatic heterocycles. The van der Waals surface area contributed by atoms with Crippen molar-refractivity contribution in [2.24, 2.45) is 16.5 Å². The van der Waals surface area contributed by atoms with E-state index in [1.54, 1.807) is 14.0 Å². The van der Waals surface area contributed by atoms with E-state index in [0.29, 0.717) is 5.57 Å². The minimum absolute atomic E-state index is 0.00319. The molecule has 0 amide bonds. The highest BCUT2D eigenvalue weighted by Crippen LogP contribution is 1.97. The van der Waals surface area contributed by atoms with Crippen molar-refractivity contribution in [1.29, 1.82) is 0 Å². The number of allylic oxidation sites excluding steroid dienone is 2. The molecule has 14 heavy (non-hydrogen) atoms. The Hall–Kier alpha value is -1.78. The van der Waals surface area contributed by atoms with Gasteiger partial charge in [0.1, 0.15) is 5.70 Å². The number of nitrogens with zero attached hydrogens (tertiary/aromatic N) is 1. The molecular weight excluding hydrogens is 182 g/mol. The summed E-state index contributed by atoms with van der Waals surface area (Å²) in [4.78, 5) is 14.8. The first-order valence-corrected chi connectivity index (χ1v) is 4.14. The van der Waals surface area contributed by atoms with E-state index in [1.807, 2.05) is 0 Å². The number of rotatable bonds is 4. The Kier molecular flexibility index (Phi) is 5.85. The third kappa shape index (κ3) is 4.30. The number of ether oxygens (including phenoxy) is 1. The molecule has 4 N–H and O–H groups in total. The molecule has 0 aromatic carbocycles. The highest BCUT2D eigenvalue weighted by atomic mass is 16.5. The monoisotopic (exact) mass is 197 g/mol. The van der Waals surface area contributed by atoms with Crippen molar-refractivity contribution in [2.75, 3.05) is 13.7 Å². The van der Waals surface area contributed by atoms with E-state index in [-0.39, 0.29) is 12.3 Å². The van der Waals surface area contributed by atoms with Crippen molar-refractivity contribution >= 4 is 12.2 Å². The Labute approximate surface area is 83.1 Å². The molecule has 0 saturated heterocycles. The van der Waals surface area contributed by atoms with Gasteiger partial charge in [-0.05, 0) is 13.0 Å². The Morgan fingerprint density at radius 3 is 2.64 bits per heavy atom. The Bertz CT molecular complexity index is 280. The molecule has 0 radical (unpaired) electrons. The molecule has 0 aliphatic rings. The van der Waals surface area contributed by atoms with Gasteiger partial charge in [0.25, 0.3) is 0 Å². The lowest BCUT2D eigenvalue weighted by Crippen LogP contribution is -2.15. The molecule has 0 heterocycles.